The van der Waals surface area contributed by atoms with Crippen molar-refractivity contribution in [1.82, 2.24) is 25.1 Å². The Morgan fingerprint density at radius 1 is 0.615 bits per heavy atom. The summed E-state index contributed by atoms with van der Waals surface area (Å²) >= 11 is 0. The van der Waals surface area contributed by atoms with Crippen LogP contribution in [0.2, 0.25) is 0 Å². The summed E-state index contributed by atoms with van der Waals surface area (Å²) < 4.78 is 75.2. The van der Waals surface area contributed by atoms with Crippen molar-refractivity contribution in [3.8, 4) is 0 Å². The molecule has 1 amide bonds. The van der Waals surface area contributed by atoms with E-state index >= 15 is 0 Å². The number of piperidine rings is 2. The molecule has 2 aromatic carbocycles. The number of carboxylic acids is 1. The zero-order valence-corrected chi connectivity index (χ0v) is 36.7. The first-order valence-corrected chi connectivity index (χ1v) is 22.5. The van der Waals surface area contributed by atoms with Gasteiger partial charge in [0, 0.05) is 83.8 Å². The number of pyridine rings is 2. The van der Waals surface area contributed by atoms with Gasteiger partial charge in [-0.15, -0.1) is 0 Å². The molecule has 0 bridgehead atoms. The van der Waals surface area contributed by atoms with Crippen molar-refractivity contribution in [2.45, 2.75) is 76.8 Å². The number of amides is 1. The maximum Gasteiger partial charge on any atom is 0.417 e. The quantitative estimate of drug-likeness (QED) is 0.102. The summed E-state index contributed by atoms with van der Waals surface area (Å²) in [7, 11) is 0. The Labute approximate surface area is 377 Å². The first-order chi connectivity index (χ1) is 31.2. The number of alkyl halides is 6. The van der Waals surface area contributed by atoms with Crippen LogP contribution in [-0.4, -0.2) is 102 Å². The number of aromatic nitrogens is 2. The molecule has 17 heteroatoms. The number of benzene rings is 2. The van der Waals surface area contributed by atoms with Crippen molar-refractivity contribution in [2.24, 2.45) is 17.6 Å². The number of anilines is 2. The highest BCUT2D eigenvalue weighted by molar-refractivity contribution is 5.79. The highest BCUT2D eigenvalue weighted by Crippen LogP contribution is 2.32. The Hall–Kier alpha value is -5.26. The molecule has 352 valence electrons. The minimum atomic E-state index is -4.39. The van der Waals surface area contributed by atoms with Gasteiger partial charge in [0.2, 0.25) is 5.91 Å². The van der Waals surface area contributed by atoms with Crippen LogP contribution in [0.25, 0.3) is 0 Å². The summed E-state index contributed by atoms with van der Waals surface area (Å²) in [4.78, 5) is 39.8. The van der Waals surface area contributed by atoms with E-state index in [2.05, 4.69) is 73.6 Å². The zero-order valence-electron chi connectivity index (χ0n) is 36.7. The normalized spacial score (nSPS) is 17.5. The van der Waals surface area contributed by atoms with E-state index in [1.165, 1.54) is 47.4 Å². The van der Waals surface area contributed by atoms with E-state index in [0.29, 0.717) is 70.0 Å². The molecule has 6 heterocycles. The molecule has 4 aromatic rings. The third-order valence-corrected chi connectivity index (χ3v) is 12.6. The standard InChI is InChI=1S/C24H29F3N4O.C12H13F3N2O2.C12H18N2/c25-24(26,27)21-6-7-22(29-16-21)31-14-9-19(10-15-31)23(32)28-11-3-12-30-13-8-18-4-1-2-5-20(18)17-30;13-12(14,15)9-1-2-10(16-7-9)17-5-3-8(4-6-17)11(18)19;13-7-3-8-14-9-6-11-4-1-2-5-12(11)10-14/h1-2,4-7,16,19H,3,8-15,17H2,(H,28,32);1-2,7-8H,3-6H2,(H,18,19);1-2,4-5H,3,6-10,13H2. The van der Waals surface area contributed by atoms with Crippen LogP contribution >= 0.6 is 0 Å². The SMILES string of the molecule is NCCCN1CCc2ccccc2C1.O=C(NCCCN1CCc2ccccc2C1)C1CCN(c2ccc(C(F)(F)F)cn2)CC1.O=C(O)C1CCN(c2ccc(C(F)(F)F)cn2)CC1. The predicted molar refractivity (Wildman–Crippen MR) is 238 cm³/mol. The molecule has 4 aliphatic heterocycles. The summed E-state index contributed by atoms with van der Waals surface area (Å²) in [6.45, 7) is 10.1. The molecule has 2 saturated heterocycles. The molecule has 0 radical (unpaired) electrons. The van der Waals surface area contributed by atoms with Crippen molar-refractivity contribution < 1.29 is 41.0 Å². The fourth-order valence-electron chi connectivity index (χ4n) is 8.67. The maximum atomic E-state index is 12.7. The predicted octanol–water partition coefficient (Wildman–Crippen LogP) is 7.68. The van der Waals surface area contributed by atoms with E-state index in [1.54, 1.807) is 4.90 Å². The lowest BCUT2D eigenvalue weighted by Crippen LogP contribution is -2.41. The van der Waals surface area contributed by atoms with Crippen LogP contribution < -0.4 is 20.9 Å². The molecule has 0 saturated carbocycles. The first-order valence-electron chi connectivity index (χ1n) is 22.5. The van der Waals surface area contributed by atoms with Crippen LogP contribution in [-0.2, 0) is 47.9 Å². The van der Waals surface area contributed by atoms with Crippen LogP contribution in [0.1, 0.15) is 71.9 Å². The van der Waals surface area contributed by atoms with Gasteiger partial charge in [0.15, 0.2) is 0 Å². The molecular weight excluding hydrogens is 851 g/mol. The second kappa shape index (κ2) is 23.3. The molecule has 0 aliphatic carbocycles. The topological polar surface area (TPSA) is 131 Å². The molecule has 0 atom stereocenters. The van der Waals surface area contributed by atoms with Crippen molar-refractivity contribution in [1.29, 1.82) is 0 Å². The van der Waals surface area contributed by atoms with E-state index in [-0.39, 0.29) is 17.7 Å². The third-order valence-electron chi connectivity index (χ3n) is 12.6. The first kappa shape index (κ1) is 49.2. The Bertz CT molecular complexity index is 2110. The van der Waals surface area contributed by atoms with Crippen molar-refractivity contribution >= 4 is 23.5 Å². The number of nitrogens with one attached hydrogen (secondary N) is 1. The minimum absolute atomic E-state index is 0.0532. The van der Waals surface area contributed by atoms with Gasteiger partial charge in [0.1, 0.15) is 11.6 Å². The average Bonchev–Trinajstić information content (AvgIpc) is 3.32. The number of carboxylic acid groups (broad SMARTS) is 1. The maximum absolute atomic E-state index is 12.7. The molecule has 0 unspecified atom stereocenters. The van der Waals surface area contributed by atoms with Crippen LogP contribution in [0.15, 0.2) is 85.2 Å². The van der Waals surface area contributed by atoms with Gasteiger partial charge in [0.25, 0.3) is 0 Å². The molecule has 2 fully saturated rings. The molecule has 65 heavy (non-hydrogen) atoms. The smallest absolute Gasteiger partial charge is 0.417 e. The Morgan fingerprint density at radius 3 is 1.45 bits per heavy atom. The average molecular weight is 911 g/mol. The van der Waals surface area contributed by atoms with E-state index in [9.17, 15) is 35.9 Å². The van der Waals surface area contributed by atoms with E-state index in [4.69, 9.17) is 10.8 Å². The molecule has 4 aliphatic rings. The molecule has 2 aromatic heterocycles. The van der Waals surface area contributed by atoms with Gasteiger partial charge < -0.3 is 26.0 Å². The second-order valence-electron chi connectivity index (χ2n) is 17.0. The number of hydrogen-bond acceptors (Lipinski definition) is 9. The van der Waals surface area contributed by atoms with Crippen LogP contribution in [0, 0.1) is 11.8 Å². The minimum Gasteiger partial charge on any atom is -0.481 e. The summed E-state index contributed by atoms with van der Waals surface area (Å²) in [5, 5.41) is 11.9. The van der Waals surface area contributed by atoms with E-state index < -0.39 is 29.4 Å². The number of hydrogen-bond donors (Lipinski definition) is 3. The van der Waals surface area contributed by atoms with Crippen LogP contribution in [0.3, 0.4) is 0 Å². The van der Waals surface area contributed by atoms with Gasteiger partial charge in [-0.3, -0.25) is 19.4 Å². The third kappa shape index (κ3) is 14.6. The number of fused-ring (bicyclic) bond motifs is 2. The lowest BCUT2D eigenvalue weighted by molar-refractivity contribution is -0.142. The summed E-state index contributed by atoms with van der Waals surface area (Å²) in [5.41, 5.74) is 9.85. The highest BCUT2D eigenvalue weighted by Gasteiger charge is 2.33. The Morgan fingerprint density at radius 2 is 1.05 bits per heavy atom. The fourth-order valence-corrected chi connectivity index (χ4v) is 8.67. The van der Waals surface area contributed by atoms with Crippen LogP contribution in [0.4, 0.5) is 38.0 Å². The molecule has 11 nitrogen and oxygen atoms in total. The van der Waals surface area contributed by atoms with Gasteiger partial charge in [-0.1, -0.05) is 48.5 Å². The molecule has 4 N–H and O–H groups in total. The van der Waals surface area contributed by atoms with Crippen LogP contribution in [0.5, 0.6) is 0 Å². The van der Waals surface area contributed by atoms with Crippen molar-refractivity contribution in [2.75, 3.05) is 75.2 Å². The molecular formula is C48H60F6N8O3. The summed E-state index contributed by atoms with van der Waals surface area (Å²) in [6, 6.07) is 22.1. The number of rotatable bonds is 11. The number of carbonyl (C=O) groups excluding carboxylic acids is 1. The lowest BCUT2D eigenvalue weighted by Gasteiger charge is -2.32. The fraction of sp³-hybridized carbons (Fsp3) is 0.500. The number of nitrogens with zero attached hydrogens (tertiary/aromatic N) is 6. The highest BCUT2D eigenvalue weighted by atomic mass is 19.4. The number of carbonyl (C=O) groups is 2. The van der Waals surface area contributed by atoms with Gasteiger partial charge >= 0.3 is 18.3 Å². The number of halogens is 6. The Kier molecular flexibility index (Phi) is 17.6. The summed E-state index contributed by atoms with van der Waals surface area (Å²) in [5.74, 6) is -0.181. The van der Waals surface area contributed by atoms with Gasteiger partial charge in [-0.05, 0) is 111 Å². The Balaban J connectivity index is 0.000000179. The number of nitrogens with two attached hydrogens (primary N) is 1. The zero-order chi connectivity index (χ0) is 46.4. The monoisotopic (exact) mass is 910 g/mol. The molecule has 8 rings (SSSR count). The van der Waals surface area contributed by atoms with Gasteiger partial charge in [-0.2, -0.15) is 26.3 Å². The van der Waals surface area contributed by atoms with Crippen molar-refractivity contribution in [3.05, 3.63) is 119 Å². The number of aliphatic carboxylic acids is 1. The largest absolute Gasteiger partial charge is 0.481 e. The summed E-state index contributed by atoms with van der Waals surface area (Å²) in [6.07, 6.45) is -0.463. The van der Waals surface area contributed by atoms with Gasteiger partial charge in [0.05, 0.1) is 17.0 Å². The van der Waals surface area contributed by atoms with E-state index in [1.807, 2.05) is 4.90 Å². The second-order valence-corrected chi connectivity index (χ2v) is 17.0. The lowest BCUT2D eigenvalue weighted by atomic mass is 9.96. The van der Waals surface area contributed by atoms with Crippen molar-refractivity contribution in [3.63, 3.8) is 0 Å². The molecule has 0 spiro atoms. The van der Waals surface area contributed by atoms with E-state index in [0.717, 1.165) is 83.1 Å². The van der Waals surface area contributed by atoms with Gasteiger partial charge in [-0.25, -0.2) is 9.97 Å².